The van der Waals surface area contributed by atoms with Gasteiger partial charge in [-0.3, -0.25) is 4.90 Å². The SMILES string of the molecule is COc1ccc(-c2nc(CN(C)Cc3ccccc3)no2)cc1. The summed E-state index contributed by atoms with van der Waals surface area (Å²) in [6.07, 6.45) is 0. The van der Waals surface area contributed by atoms with E-state index in [4.69, 9.17) is 9.26 Å². The van der Waals surface area contributed by atoms with Gasteiger partial charge in [-0.1, -0.05) is 35.5 Å². The highest BCUT2D eigenvalue weighted by atomic mass is 16.5. The summed E-state index contributed by atoms with van der Waals surface area (Å²) in [5.74, 6) is 2.00. The molecular weight excluding hydrogens is 290 g/mol. The number of methoxy groups -OCH3 is 1. The molecule has 5 nitrogen and oxygen atoms in total. The van der Waals surface area contributed by atoms with E-state index in [1.807, 2.05) is 49.5 Å². The molecule has 5 heteroatoms. The van der Waals surface area contributed by atoms with E-state index in [0.717, 1.165) is 17.9 Å². The summed E-state index contributed by atoms with van der Waals surface area (Å²) in [7, 11) is 3.68. The molecule has 0 spiro atoms. The fourth-order valence-corrected chi connectivity index (χ4v) is 2.36. The van der Waals surface area contributed by atoms with Gasteiger partial charge in [0.05, 0.1) is 13.7 Å². The monoisotopic (exact) mass is 309 g/mol. The third kappa shape index (κ3) is 3.96. The van der Waals surface area contributed by atoms with Gasteiger partial charge in [0.15, 0.2) is 5.82 Å². The van der Waals surface area contributed by atoms with Gasteiger partial charge in [0.25, 0.3) is 5.89 Å². The molecule has 0 N–H and O–H groups in total. The molecule has 0 saturated carbocycles. The van der Waals surface area contributed by atoms with E-state index in [0.29, 0.717) is 18.3 Å². The van der Waals surface area contributed by atoms with E-state index in [9.17, 15) is 0 Å². The normalized spacial score (nSPS) is 10.9. The average Bonchev–Trinajstić information content (AvgIpc) is 3.04. The lowest BCUT2D eigenvalue weighted by Gasteiger charge is -2.13. The Bertz CT molecular complexity index is 738. The van der Waals surface area contributed by atoms with E-state index < -0.39 is 0 Å². The molecule has 1 aromatic heterocycles. The highest BCUT2D eigenvalue weighted by molar-refractivity contribution is 5.54. The van der Waals surface area contributed by atoms with Crippen LogP contribution in [0.25, 0.3) is 11.5 Å². The third-order valence-electron chi connectivity index (χ3n) is 3.51. The molecular formula is C18H19N3O2. The predicted octanol–water partition coefficient (Wildman–Crippen LogP) is 3.38. The molecule has 3 aromatic rings. The number of hydrogen-bond acceptors (Lipinski definition) is 5. The molecule has 0 saturated heterocycles. The van der Waals surface area contributed by atoms with Crippen LogP contribution in [0.2, 0.25) is 0 Å². The Morgan fingerprint density at radius 2 is 1.74 bits per heavy atom. The van der Waals surface area contributed by atoms with Crippen LogP contribution in [0.1, 0.15) is 11.4 Å². The molecule has 118 valence electrons. The first-order valence-corrected chi connectivity index (χ1v) is 7.44. The molecule has 0 aliphatic carbocycles. The zero-order valence-electron chi connectivity index (χ0n) is 13.3. The van der Waals surface area contributed by atoms with Crippen molar-refractivity contribution in [2.24, 2.45) is 0 Å². The van der Waals surface area contributed by atoms with Gasteiger partial charge in [0.1, 0.15) is 5.75 Å². The topological polar surface area (TPSA) is 51.4 Å². The van der Waals surface area contributed by atoms with Gasteiger partial charge in [-0.25, -0.2) is 0 Å². The molecule has 0 bridgehead atoms. The first-order valence-electron chi connectivity index (χ1n) is 7.44. The van der Waals surface area contributed by atoms with Crippen molar-refractivity contribution < 1.29 is 9.26 Å². The first kappa shape index (κ1) is 15.2. The van der Waals surface area contributed by atoms with Gasteiger partial charge in [-0.05, 0) is 36.9 Å². The van der Waals surface area contributed by atoms with Crippen LogP contribution in [-0.2, 0) is 13.1 Å². The minimum absolute atomic E-state index is 0.524. The Balaban J connectivity index is 1.64. The van der Waals surface area contributed by atoms with E-state index >= 15 is 0 Å². The number of benzene rings is 2. The van der Waals surface area contributed by atoms with Crippen LogP contribution in [0.4, 0.5) is 0 Å². The van der Waals surface area contributed by atoms with Crippen molar-refractivity contribution in [1.82, 2.24) is 15.0 Å². The van der Waals surface area contributed by atoms with Crippen LogP contribution in [-0.4, -0.2) is 29.2 Å². The van der Waals surface area contributed by atoms with Crippen LogP contribution in [0.3, 0.4) is 0 Å². The van der Waals surface area contributed by atoms with E-state index in [1.54, 1.807) is 7.11 Å². The Morgan fingerprint density at radius 1 is 1.00 bits per heavy atom. The molecule has 0 atom stereocenters. The molecule has 2 aromatic carbocycles. The van der Waals surface area contributed by atoms with Crippen LogP contribution in [0.5, 0.6) is 5.75 Å². The molecule has 0 unspecified atom stereocenters. The van der Waals surface area contributed by atoms with Crippen LogP contribution in [0, 0.1) is 0 Å². The third-order valence-corrected chi connectivity index (χ3v) is 3.51. The van der Waals surface area contributed by atoms with Crippen molar-refractivity contribution >= 4 is 0 Å². The maximum atomic E-state index is 5.35. The van der Waals surface area contributed by atoms with E-state index in [-0.39, 0.29) is 0 Å². The van der Waals surface area contributed by atoms with Gasteiger partial charge in [0.2, 0.25) is 0 Å². The summed E-state index contributed by atoms with van der Waals surface area (Å²) in [4.78, 5) is 6.61. The molecule has 0 aliphatic heterocycles. The summed E-state index contributed by atoms with van der Waals surface area (Å²) in [5, 5.41) is 4.06. The molecule has 23 heavy (non-hydrogen) atoms. The zero-order valence-corrected chi connectivity index (χ0v) is 13.3. The predicted molar refractivity (Wildman–Crippen MR) is 87.9 cm³/mol. The van der Waals surface area contributed by atoms with Gasteiger partial charge >= 0.3 is 0 Å². The quantitative estimate of drug-likeness (QED) is 0.698. The van der Waals surface area contributed by atoms with Gasteiger partial charge in [-0.15, -0.1) is 0 Å². The van der Waals surface area contributed by atoms with Crippen LogP contribution >= 0.6 is 0 Å². The molecule has 0 fully saturated rings. The Labute approximate surface area is 135 Å². The first-order chi connectivity index (χ1) is 11.2. The number of hydrogen-bond donors (Lipinski definition) is 0. The minimum Gasteiger partial charge on any atom is -0.497 e. The Morgan fingerprint density at radius 3 is 2.43 bits per heavy atom. The van der Waals surface area contributed by atoms with Crippen molar-refractivity contribution in [2.75, 3.05) is 14.2 Å². The van der Waals surface area contributed by atoms with Crippen LogP contribution in [0.15, 0.2) is 59.1 Å². The number of ether oxygens (including phenoxy) is 1. The molecule has 0 radical (unpaired) electrons. The second-order valence-electron chi connectivity index (χ2n) is 5.40. The average molecular weight is 309 g/mol. The van der Waals surface area contributed by atoms with Gasteiger partial charge in [-0.2, -0.15) is 4.98 Å². The largest absolute Gasteiger partial charge is 0.497 e. The van der Waals surface area contributed by atoms with Crippen molar-refractivity contribution in [3.05, 3.63) is 66.0 Å². The Hall–Kier alpha value is -2.66. The molecule has 0 amide bonds. The second kappa shape index (κ2) is 7.07. The summed E-state index contributed by atoms with van der Waals surface area (Å²) < 4.78 is 10.5. The standard InChI is InChI=1S/C18H19N3O2/c1-21(12-14-6-4-3-5-7-14)13-17-19-18(23-20-17)15-8-10-16(22-2)11-9-15/h3-11H,12-13H2,1-2H3. The summed E-state index contributed by atoms with van der Waals surface area (Å²) in [6, 6.07) is 17.9. The maximum Gasteiger partial charge on any atom is 0.257 e. The van der Waals surface area contributed by atoms with Crippen molar-refractivity contribution in [3.63, 3.8) is 0 Å². The fraction of sp³-hybridized carbons (Fsp3) is 0.222. The molecule has 1 heterocycles. The van der Waals surface area contributed by atoms with Gasteiger partial charge in [0, 0.05) is 12.1 Å². The lowest BCUT2D eigenvalue weighted by atomic mass is 10.2. The maximum absolute atomic E-state index is 5.35. The van der Waals surface area contributed by atoms with E-state index in [2.05, 4.69) is 27.2 Å². The second-order valence-corrected chi connectivity index (χ2v) is 5.40. The smallest absolute Gasteiger partial charge is 0.257 e. The lowest BCUT2D eigenvalue weighted by Crippen LogP contribution is -2.17. The number of rotatable bonds is 6. The number of nitrogens with zero attached hydrogens (tertiary/aromatic N) is 3. The minimum atomic E-state index is 0.524. The highest BCUT2D eigenvalue weighted by Crippen LogP contribution is 2.21. The van der Waals surface area contributed by atoms with Crippen LogP contribution < -0.4 is 4.74 Å². The fourth-order valence-electron chi connectivity index (χ4n) is 2.36. The number of aromatic nitrogens is 2. The molecule has 0 aliphatic rings. The zero-order chi connectivity index (χ0) is 16.1. The van der Waals surface area contributed by atoms with E-state index in [1.165, 1.54) is 5.56 Å². The Kier molecular flexibility index (Phi) is 4.68. The van der Waals surface area contributed by atoms with Crippen molar-refractivity contribution in [3.8, 4) is 17.2 Å². The summed E-state index contributed by atoms with van der Waals surface area (Å²) in [6.45, 7) is 1.47. The van der Waals surface area contributed by atoms with Crippen molar-refractivity contribution in [1.29, 1.82) is 0 Å². The summed E-state index contributed by atoms with van der Waals surface area (Å²) >= 11 is 0. The lowest BCUT2D eigenvalue weighted by molar-refractivity contribution is 0.302. The van der Waals surface area contributed by atoms with Gasteiger partial charge < -0.3 is 9.26 Å². The molecule has 3 rings (SSSR count). The highest BCUT2D eigenvalue weighted by Gasteiger charge is 2.11. The van der Waals surface area contributed by atoms with Crippen molar-refractivity contribution in [2.45, 2.75) is 13.1 Å². The summed E-state index contributed by atoms with van der Waals surface area (Å²) in [5.41, 5.74) is 2.14.